The highest BCUT2D eigenvalue weighted by Gasteiger charge is 2.12. The van der Waals surface area contributed by atoms with Crippen molar-refractivity contribution in [2.75, 3.05) is 13.7 Å². The summed E-state index contributed by atoms with van der Waals surface area (Å²) in [5.41, 5.74) is 5.47. The first-order valence-electron chi connectivity index (χ1n) is 5.50. The van der Waals surface area contributed by atoms with Crippen LogP contribution in [0.2, 0.25) is 0 Å². The lowest BCUT2D eigenvalue weighted by molar-refractivity contribution is -0.123. The minimum Gasteiger partial charge on any atom is -0.380 e. The van der Waals surface area contributed by atoms with Crippen LogP contribution in [-0.4, -0.2) is 25.7 Å². The first-order valence-corrected chi connectivity index (χ1v) is 5.50. The smallest absolute Gasteiger partial charge is 0.222 e. The maximum atomic E-state index is 13.3. The van der Waals surface area contributed by atoms with Gasteiger partial charge in [0.25, 0.3) is 0 Å². The van der Waals surface area contributed by atoms with Crippen LogP contribution < -0.4 is 11.1 Å². The second kappa shape index (κ2) is 7.03. The fraction of sp³-hybridized carbons (Fsp3) is 0.417. The third kappa shape index (κ3) is 4.38. The molecule has 0 spiro atoms. The van der Waals surface area contributed by atoms with E-state index in [4.69, 9.17) is 10.5 Å². The lowest BCUT2D eigenvalue weighted by atomic mass is 10.2. The summed E-state index contributed by atoms with van der Waals surface area (Å²) in [6.45, 7) is 0.154. The van der Waals surface area contributed by atoms with Crippen LogP contribution in [0.15, 0.2) is 18.2 Å². The second-order valence-electron chi connectivity index (χ2n) is 3.81. The average molecular weight is 258 g/mol. The van der Waals surface area contributed by atoms with Crippen LogP contribution in [-0.2, 0) is 16.1 Å². The maximum absolute atomic E-state index is 13.3. The number of rotatable bonds is 6. The zero-order chi connectivity index (χ0) is 13.5. The Labute approximate surface area is 104 Å². The number of hydrogen-bond donors (Lipinski definition) is 2. The number of ether oxygens (including phenoxy) is 1. The van der Waals surface area contributed by atoms with Gasteiger partial charge in [-0.1, -0.05) is 0 Å². The van der Waals surface area contributed by atoms with Gasteiger partial charge in [0, 0.05) is 25.8 Å². The van der Waals surface area contributed by atoms with E-state index in [0.29, 0.717) is 0 Å². The van der Waals surface area contributed by atoms with Gasteiger partial charge in [-0.25, -0.2) is 8.78 Å². The van der Waals surface area contributed by atoms with E-state index in [1.165, 1.54) is 7.11 Å². The molecule has 0 aliphatic heterocycles. The summed E-state index contributed by atoms with van der Waals surface area (Å²) in [4.78, 5) is 11.5. The van der Waals surface area contributed by atoms with Gasteiger partial charge in [0.2, 0.25) is 5.91 Å². The monoisotopic (exact) mass is 258 g/mol. The number of carbonyl (C=O) groups is 1. The molecule has 0 bridgehead atoms. The molecule has 100 valence electrons. The van der Waals surface area contributed by atoms with Gasteiger partial charge < -0.3 is 15.8 Å². The fourth-order valence-electron chi connectivity index (χ4n) is 1.41. The van der Waals surface area contributed by atoms with Gasteiger partial charge in [0.15, 0.2) is 0 Å². The number of benzene rings is 1. The zero-order valence-corrected chi connectivity index (χ0v) is 10.1. The Kier molecular flexibility index (Phi) is 5.67. The molecular weight excluding hydrogens is 242 g/mol. The molecule has 3 N–H and O–H groups in total. The summed E-state index contributed by atoms with van der Waals surface area (Å²) in [7, 11) is 1.46. The predicted molar refractivity (Wildman–Crippen MR) is 62.7 cm³/mol. The molecule has 1 aromatic rings. The van der Waals surface area contributed by atoms with Gasteiger partial charge in [-0.15, -0.1) is 0 Å². The van der Waals surface area contributed by atoms with Crippen LogP contribution in [0.1, 0.15) is 12.0 Å². The van der Waals surface area contributed by atoms with Crippen molar-refractivity contribution in [3.63, 3.8) is 0 Å². The van der Waals surface area contributed by atoms with Crippen molar-refractivity contribution in [2.24, 2.45) is 5.73 Å². The Morgan fingerprint density at radius 2 is 2.22 bits per heavy atom. The van der Waals surface area contributed by atoms with E-state index in [9.17, 15) is 13.6 Å². The van der Waals surface area contributed by atoms with Crippen molar-refractivity contribution in [1.82, 2.24) is 5.32 Å². The highest BCUT2D eigenvalue weighted by Crippen LogP contribution is 2.09. The maximum Gasteiger partial charge on any atom is 0.222 e. The van der Waals surface area contributed by atoms with Crippen molar-refractivity contribution >= 4 is 5.91 Å². The van der Waals surface area contributed by atoms with E-state index in [2.05, 4.69) is 5.32 Å². The zero-order valence-electron chi connectivity index (χ0n) is 10.1. The first-order chi connectivity index (χ1) is 8.56. The van der Waals surface area contributed by atoms with E-state index in [1.807, 2.05) is 0 Å². The number of nitrogens with one attached hydrogen (secondary N) is 1. The van der Waals surface area contributed by atoms with Crippen LogP contribution >= 0.6 is 0 Å². The summed E-state index contributed by atoms with van der Waals surface area (Å²) in [5, 5.41) is 2.48. The SMILES string of the molecule is COC(CN)CC(=O)NCc1cc(F)ccc1F. The fourth-order valence-corrected chi connectivity index (χ4v) is 1.41. The number of hydrogen-bond acceptors (Lipinski definition) is 3. The first kappa shape index (κ1) is 14.5. The standard InChI is InChI=1S/C12H16F2N2O2/c1-18-10(6-15)5-12(17)16-7-8-4-9(13)2-3-11(8)14/h2-4,10H,5-7,15H2,1H3,(H,16,17). The number of nitrogens with two attached hydrogens (primary N) is 1. The van der Waals surface area contributed by atoms with Crippen LogP contribution in [0.5, 0.6) is 0 Å². The number of carbonyl (C=O) groups excluding carboxylic acids is 1. The van der Waals surface area contributed by atoms with Gasteiger partial charge in [-0.3, -0.25) is 4.79 Å². The van der Waals surface area contributed by atoms with Gasteiger partial charge in [0.1, 0.15) is 11.6 Å². The van der Waals surface area contributed by atoms with E-state index in [-0.39, 0.29) is 37.1 Å². The molecule has 1 unspecified atom stereocenters. The Morgan fingerprint density at radius 3 is 2.83 bits per heavy atom. The molecule has 1 rings (SSSR count). The van der Waals surface area contributed by atoms with Crippen LogP contribution in [0.25, 0.3) is 0 Å². The summed E-state index contributed by atoms with van der Waals surface area (Å²) < 4.78 is 31.1. The molecule has 0 saturated carbocycles. The molecule has 0 aliphatic carbocycles. The Bertz CT molecular complexity index is 409. The largest absolute Gasteiger partial charge is 0.380 e. The van der Waals surface area contributed by atoms with Crippen molar-refractivity contribution in [2.45, 2.75) is 19.1 Å². The van der Waals surface area contributed by atoms with Gasteiger partial charge in [-0.2, -0.15) is 0 Å². The lowest BCUT2D eigenvalue weighted by Crippen LogP contribution is -2.32. The summed E-state index contributed by atoms with van der Waals surface area (Å²) in [5.74, 6) is -1.42. The normalized spacial score (nSPS) is 12.2. The molecule has 0 radical (unpaired) electrons. The number of amides is 1. The quantitative estimate of drug-likeness (QED) is 0.798. The molecule has 6 heteroatoms. The van der Waals surface area contributed by atoms with Crippen molar-refractivity contribution in [3.8, 4) is 0 Å². The predicted octanol–water partition coefficient (Wildman–Crippen LogP) is 0.945. The van der Waals surface area contributed by atoms with E-state index < -0.39 is 11.6 Å². The molecule has 0 saturated heterocycles. The summed E-state index contributed by atoms with van der Waals surface area (Å²) in [6.07, 6.45) is -0.286. The van der Waals surface area contributed by atoms with Gasteiger partial charge in [-0.05, 0) is 18.2 Å². The molecule has 0 aliphatic rings. The van der Waals surface area contributed by atoms with Gasteiger partial charge in [0.05, 0.1) is 12.5 Å². The van der Waals surface area contributed by atoms with Gasteiger partial charge >= 0.3 is 0 Å². The average Bonchev–Trinajstić information content (AvgIpc) is 2.37. The minimum atomic E-state index is -0.557. The van der Waals surface area contributed by atoms with Crippen LogP contribution in [0.4, 0.5) is 8.78 Å². The molecule has 0 fully saturated rings. The molecule has 0 aromatic heterocycles. The third-order valence-corrected chi connectivity index (χ3v) is 2.49. The van der Waals surface area contributed by atoms with E-state index >= 15 is 0 Å². The molecular formula is C12H16F2N2O2. The summed E-state index contributed by atoms with van der Waals surface area (Å²) >= 11 is 0. The Hall–Kier alpha value is -1.53. The second-order valence-corrected chi connectivity index (χ2v) is 3.81. The molecule has 0 heterocycles. The van der Waals surface area contributed by atoms with Crippen molar-refractivity contribution in [3.05, 3.63) is 35.4 Å². The van der Waals surface area contributed by atoms with Crippen LogP contribution in [0.3, 0.4) is 0 Å². The van der Waals surface area contributed by atoms with Crippen molar-refractivity contribution < 1.29 is 18.3 Å². The topological polar surface area (TPSA) is 64.3 Å². The molecule has 1 amide bonds. The number of methoxy groups -OCH3 is 1. The van der Waals surface area contributed by atoms with Crippen molar-refractivity contribution in [1.29, 1.82) is 0 Å². The molecule has 4 nitrogen and oxygen atoms in total. The molecule has 1 atom stereocenters. The highest BCUT2D eigenvalue weighted by atomic mass is 19.1. The third-order valence-electron chi connectivity index (χ3n) is 2.49. The highest BCUT2D eigenvalue weighted by molar-refractivity contribution is 5.76. The Morgan fingerprint density at radius 1 is 1.50 bits per heavy atom. The Balaban J connectivity index is 2.49. The minimum absolute atomic E-state index is 0.0660. The van der Waals surface area contributed by atoms with E-state index in [1.54, 1.807) is 0 Å². The van der Waals surface area contributed by atoms with E-state index in [0.717, 1.165) is 18.2 Å². The van der Waals surface area contributed by atoms with Crippen LogP contribution in [0, 0.1) is 11.6 Å². The molecule has 18 heavy (non-hydrogen) atoms. The summed E-state index contributed by atoms with van der Waals surface area (Å²) in [6, 6.07) is 3.09. The number of halogens is 2. The molecule has 1 aromatic carbocycles. The lowest BCUT2D eigenvalue weighted by Gasteiger charge is -2.12.